The van der Waals surface area contributed by atoms with Gasteiger partial charge in [0.25, 0.3) is 0 Å². The van der Waals surface area contributed by atoms with E-state index < -0.39 is 0 Å². The predicted octanol–water partition coefficient (Wildman–Crippen LogP) is 0.312. The number of nitrogens with zero attached hydrogens (tertiary/aromatic N) is 2. The molecule has 0 bridgehead atoms. The van der Waals surface area contributed by atoms with E-state index in [-0.39, 0.29) is 0 Å². The summed E-state index contributed by atoms with van der Waals surface area (Å²) in [5.74, 6) is 4.78. The molecule has 0 rings (SSSR count). The summed E-state index contributed by atoms with van der Waals surface area (Å²) in [6.07, 6.45) is 1.01. The van der Waals surface area contributed by atoms with Gasteiger partial charge in [-0.1, -0.05) is 12.1 Å². The van der Waals surface area contributed by atoms with E-state index >= 15 is 0 Å². The molecule has 0 atom stereocenters. The van der Waals surface area contributed by atoms with Gasteiger partial charge in [-0.2, -0.15) is 5.11 Å². The van der Waals surface area contributed by atoms with Gasteiger partial charge in [0.05, 0.1) is 6.54 Å². The Balaban J connectivity index is 2.75. The highest BCUT2D eigenvalue weighted by Gasteiger charge is 1.81. The zero-order valence-corrected chi connectivity index (χ0v) is 5.80. The van der Waals surface area contributed by atoms with Crippen molar-refractivity contribution in [1.29, 1.82) is 0 Å². The van der Waals surface area contributed by atoms with Crippen LogP contribution in [0.5, 0.6) is 0 Å². The van der Waals surface area contributed by atoms with Crippen molar-refractivity contribution in [3.8, 4) is 0 Å². The summed E-state index contributed by atoms with van der Waals surface area (Å²) < 4.78 is 0. The molecule has 4 heteroatoms. The van der Waals surface area contributed by atoms with Crippen molar-refractivity contribution >= 4 is 0 Å². The minimum atomic E-state index is 0.726. The molecule has 0 aromatic heterocycles. The molecule has 0 aromatic rings. The Morgan fingerprint density at radius 2 is 2.33 bits per heavy atom. The molecular weight excluding hydrogens is 116 g/mol. The molecule has 4 nitrogen and oxygen atoms in total. The van der Waals surface area contributed by atoms with Crippen molar-refractivity contribution in [2.75, 3.05) is 19.6 Å². The number of nitrogens with two attached hydrogens (primary N) is 1. The van der Waals surface area contributed by atoms with E-state index in [1.807, 2.05) is 0 Å². The molecule has 0 fully saturated rings. The second-order valence-electron chi connectivity index (χ2n) is 1.69. The number of hydrogen-bond acceptors (Lipinski definition) is 3. The van der Waals surface area contributed by atoms with E-state index in [1.165, 1.54) is 0 Å². The van der Waals surface area contributed by atoms with E-state index in [1.54, 1.807) is 0 Å². The van der Waals surface area contributed by atoms with Crippen LogP contribution in [0.25, 0.3) is 0 Å². The van der Waals surface area contributed by atoms with Crippen molar-refractivity contribution in [3.63, 3.8) is 0 Å². The van der Waals surface area contributed by atoms with E-state index in [0.717, 1.165) is 26.1 Å². The van der Waals surface area contributed by atoms with Crippen molar-refractivity contribution < 1.29 is 0 Å². The largest absolute Gasteiger partial charge is 0.317 e. The van der Waals surface area contributed by atoms with Crippen LogP contribution in [0.3, 0.4) is 0 Å². The first-order valence-corrected chi connectivity index (χ1v) is 3.19. The van der Waals surface area contributed by atoms with Crippen LogP contribution in [0.15, 0.2) is 10.3 Å². The normalized spacial score (nSPS) is 10.8. The van der Waals surface area contributed by atoms with Gasteiger partial charge in [0.15, 0.2) is 0 Å². The van der Waals surface area contributed by atoms with Gasteiger partial charge in [-0.15, -0.1) is 0 Å². The maximum absolute atomic E-state index is 4.78. The Bertz CT molecular complexity index is 71.4. The molecule has 3 N–H and O–H groups in total. The second-order valence-corrected chi connectivity index (χ2v) is 1.69. The molecule has 0 aliphatic rings. The van der Waals surface area contributed by atoms with Gasteiger partial charge in [0, 0.05) is 0 Å². The van der Waals surface area contributed by atoms with Crippen molar-refractivity contribution in [2.45, 2.75) is 13.3 Å². The van der Waals surface area contributed by atoms with E-state index in [0.29, 0.717) is 0 Å². The van der Waals surface area contributed by atoms with Crippen LogP contribution in [-0.2, 0) is 0 Å². The summed E-state index contributed by atoms with van der Waals surface area (Å²) in [5, 5.41) is 9.90. The molecule has 0 saturated heterocycles. The molecule has 0 aliphatic carbocycles. The number of rotatable bonds is 5. The number of hydrogen-bond donors (Lipinski definition) is 2. The lowest BCUT2D eigenvalue weighted by molar-refractivity contribution is 0.667. The summed E-state index contributed by atoms with van der Waals surface area (Å²) in [5.41, 5.74) is 0. The SMILES string of the molecule is CCNCCCN=NN. The molecule has 0 spiro atoms. The fraction of sp³-hybridized carbons (Fsp3) is 1.00. The molecule has 54 valence electrons. The maximum atomic E-state index is 4.78. The molecule has 0 aromatic carbocycles. The number of nitrogens with one attached hydrogen (secondary N) is 1. The Morgan fingerprint density at radius 3 is 2.89 bits per heavy atom. The Labute approximate surface area is 55.5 Å². The molecule has 0 unspecified atom stereocenters. The van der Waals surface area contributed by atoms with Gasteiger partial charge < -0.3 is 11.2 Å². The average molecular weight is 130 g/mol. The van der Waals surface area contributed by atoms with Crippen LogP contribution in [-0.4, -0.2) is 19.6 Å². The molecule has 0 saturated carbocycles. The van der Waals surface area contributed by atoms with Gasteiger partial charge in [0.1, 0.15) is 0 Å². The van der Waals surface area contributed by atoms with Crippen LogP contribution in [0.2, 0.25) is 0 Å². The summed E-state index contributed by atoms with van der Waals surface area (Å²) >= 11 is 0. The van der Waals surface area contributed by atoms with Crippen molar-refractivity contribution in [2.24, 2.45) is 16.2 Å². The predicted molar refractivity (Wildman–Crippen MR) is 37.1 cm³/mol. The van der Waals surface area contributed by atoms with Gasteiger partial charge in [-0.25, -0.2) is 0 Å². The molecule has 0 amide bonds. The minimum absolute atomic E-state index is 0.726. The standard InChI is InChI=1S/C5H14N4/c1-2-7-4-3-5-8-9-6/h7H,2-5H2,1H3,(H2,6,8). The van der Waals surface area contributed by atoms with Gasteiger partial charge in [-0.05, 0) is 19.5 Å². The zero-order valence-electron chi connectivity index (χ0n) is 5.80. The first kappa shape index (κ1) is 8.36. The van der Waals surface area contributed by atoms with Crippen LogP contribution >= 0.6 is 0 Å². The maximum Gasteiger partial charge on any atom is 0.0632 e. The minimum Gasteiger partial charge on any atom is -0.317 e. The van der Waals surface area contributed by atoms with Gasteiger partial charge >= 0.3 is 0 Å². The monoisotopic (exact) mass is 130 g/mol. The molecule has 9 heavy (non-hydrogen) atoms. The lowest BCUT2D eigenvalue weighted by atomic mass is 10.4. The van der Waals surface area contributed by atoms with E-state index in [2.05, 4.69) is 22.6 Å². The van der Waals surface area contributed by atoms with Gasteiger partial charge in [-0.3, -0.25) is 0 Å². The van der Waals surface area contributed by atoms with Crippen molar-refractivity contribution in [3.05, 3.63) is 0 Å². The van der Waals surface area contributed by atoms with E-state index in [4.69, 9.17) is 5.84 Å². The average Bonchev–Trinajstić information content (AvgIpc) is 1.89. The molecule has 0 aliphatic heterocycles. The summed E-state index contributed by atoms with van der Waals surface area (Å²) in [6, 6.07) is 0. The quantitative estimate of drug-likeness (QED) is 0.243. The third-order valence-corrected chi connectivity index (χ3v) is 0.943. The first-order chi connectivity index (χ1) is 4.41. The highest BCUT2D eigenvalue weighted by molar-refractivity contribution is 4.44. The first-order valence-electron chi connectivity index (χ1n) is 3.19. The third-order valence-electron chi connectivity index (χ3n) is 0.943. The Kier molecular flexibility index (Phi) is 6.84. The lowest BCUT2D eigenvalue weighted by Gasteiger charge is -1.95. The third kappa shape index (κ3) is 7.36. The second kappa shape index (κ2) is 7.36. The molecule has 0 heterocycles. The van der Waals surface area contributed by atoms with Crippen LogP contribution in [0, 0.1) is 0 Å². The Morgan fingerprint density at radius 1 is 1.56 bits per heavy atom. The van der Waals surface area contributed by atoms with E-state index in [9.17, 15) is 0 Å². The van der Waals surface area contributed by atoms with Crippen LogP contribution < -0.4 is 11.2 Å². The fourth-order valence-electron chi connectivity index (χ4n) is 0.509. The Hall–Kier alpha value is -0.640. The summed E-state index contributed by atoms with van der Waals surface area (Å²) in [4.78, 5) is 0. The highest BCUT2D eigenvalue weighted by Crippen LogP contribution is 1.77. The fourth-order valence-corrected chi connectivity index (χ4v) is 0.509. The zero-order chi connectivity index (χ0) is 6.95. The molecule has 0 radical (unpaired) electrons. The topological polar surface area (TPSA) is 62.8 Å². The highest BCUT2D eigenvalue weighted by atomic mass is 15.3. The van der Waals surface area contributed by atoms with Crippen LogP contribution in [0.4, 0.5) is 0 Å². The summed E-state index contributed by atoms with van der Waals surface area (Å²) in [6.45, 7) is 4.81. The van der Waals surface area contributed by atoms with Gasteiger partial charge in [0.2, 0.25) is 0 Å². The summed E-state index contributed by atoms with van der Waals surface area (Å²) in [7, 11) is 0. The molecular formula is C5H14N4. The van der Waals surface area contributed by atoms with Crippen LogP contribution in [0.1, 0.15) is 13.3 Å². The lowest BCUT2D eigenvalue weighted by Crippen LogP contribution is -2.14. The smallest absolute Gasteiger partial charge is 0.0632 e. The van der Waals surface area contributed by atoms with Crippen molar-refractivity contribution in [1.82, 2.24) is 5.32 Å².